The Hall–Kier alpha value is -0.940. The van der Waals surface area contributed by atoms with Crippen LogP contribution in [0.2, 0.25) is 0 Å². The number of hydrogen-bond donors (Lipinski definition) is 0. The Morgan fingerprint density at radius 1 is 1.41 bits per heavy atom. The van der Waals surface area contributed by atoms with Gasteiger partial charge >= 0.3 is 0 Å². The Morgan fingerprint density at radius 2 is 2.18 bits per heavy atom. The van der Waals surface area contributed by atoms with Crippen molar-refractivity contribution in [1.82, 2.24) is 14.8 Å². The van der Waals surface area contributed by atoms with Gasteiger partial charge < -0.3 is 4.90 Å². The predicted molar refractivity (Wildman–Crippen MR) is 90.3 cm³/mol. The van der Waals surface area contributed by atoms with Crippen molar-refractivity contribution in [3.05, 3.63) is 16.1 Å². The van der Waals surface area contributed by atoms with Gasteiger partial charge in [0.1, 0.15) is 5.69 Å². The van der Waals surface area contributed by atoms with Crippen molar-refractivity contribution in [3.8, 4) is 0 Å². The monoisotopic (exact) mass is 321 g/mol. The van der Waals surface area contributed by atoms with Gasteiger partial charge in [-0.3, -0.25) is 9.69 Å². The Balaban J connectivity index is 1.71. The van der Waals surface area contributed by atoms with Crippen LogP contribution in [-0.2, 0) is 0 Å². The van der Waals surface area contributed by atoms with E-state index in [1.807, 2.05) is 17.2 Å². The molecule has 1 amide bonds. The highest BCUT2D eigenvalue weighted by atomic mass is 32.1. The SMILES string of the molecule is Cc1nc(C(=O)N2CCCN(CC3CC3)[C@@H](C(C)C)C2)cs1. The van der Waals surface area contributed by atoms with Gasteiger partial charge in [-0.2, -0.15) is 0 Å². The molecule has 0 radical (unpaired) electrons. The summed E-state index contributed by atoms with van der Waals surface area (Å²) in [6.07, 6.45) is 3.86. The molecule has 0 N–H and O–H groups in total. The first-order chi connectivity index (χ1) is 10.5. The van der Waals surface area contributed by atoms with Crippen LogP contribution in [-0.4, -0.2) is 52.9 Å². The second-order valence-electron chi connectivity index (χ2n) is 7.11. The fourth-order valence-electron chi connectivity index (χ4n) is 3.36. The van der Waals surface area contributed by atoms with E-state index in [2.05, 4.69) is 23.7 Å². The van der Waals surface area contributed by atoms with Crippen LogP contribution in [0.1, 0.15) is 48.6 Å². The molecule has 1 saturated heterocycles. The van der Waals surface area contributed by atoms with Crippen LogP contribution in [0.25, 0.3) is 0 Å². The lowest BCUT2D eigenvalue weighted by molar-refractivity contribution is 0.0699. The minimum absolute atomic E-state index is 0.114. The van der Waals surface area contributed by atoms with Crippen molar-refractivity contribution in [3.63, 3.8) is 0 Å². The summed E-state index contributed by atoms with van der Waals surface area (Å²) in [6.45, 7) is 10.6. The van der Waals surface area contributed by atoms with E-state index in [4.69, 9.17) is 0 Å². The maximum atomic E-state index is 12.7. The minimum Gasteiger partial charge on any atom is -0.336 e. The second kappa shape index (κ2) is 6.67. The summed E-state index contributed by atoms with van der Waals surface area (Å²) in [5.41, 5.74) is 0.626. The van der Waals surface area contributed by atoms with Gasteiger partial charge in [-0.1, -0.05) is 13.8 Å². The summed E-state index contributed by atoms with van der Waals surface area (Å²) >= 11 is 1.56. The number of thiazole rings is 1. The summed E-state index contributed by atoms with van der Waals surface area (Å²) < 4.78 is 0. The number of carbonyl (C=O) groups is 1. The molecule has 0 unspecified atom stereocenters. The van der Waals surface area contributed by atoms with E-state index in [9.17, 15) is 4.79 Å². The molecule has 1 saturated carbocycles. The van der Waals surface area contributed by atoms with Gasteiger partial charge in [-0.05, 0) is 38.0 Å². The molecular weight excluding hydrogens is 294 g/mol. The number of amides is 1. The normalized spacial score (nSPS) is 23.8. The molecule has 3 rings (SSSR count). The fraction of sp³-hybridized carbons (Fsp3) is 0.765. The second-order valence-corrected chi connectivity index (χ2v) is 8.17. The zero-order valence-electron chi connectivity index (χ0n) is 13.9. The molecule has 2 heterocycles. The highest BCUT2D eigenvalue weighted by Crippen LogP contribution is 2.32. The minimum atomic E-state index is 0.114. The molecule has 0 spiro atoms. The van der Waals surface area contributed by atoms with Gasteiger partial charge in [0.15, 0.2) is 0 Å². The summed E-state index contributed by atoms with van der Waals surface area (Å²) in [7, 11) is 0. The van der Waals surface area contributed by atoms with Crippen molar-refractivity contribution in [1.29, 1.82) is 0 Å². The lowest BCUT2D eigenvalue weighted by Gasteiger charge is -2.34. The number of carbonyl (C=O) groups excluding carboxylic acids is 1. The first-order valence-corrected chi connectivity index (χ1v) is 9.38. The number of aromatic nitrogens is 1. The maximum absolute atomic E-state index is 12.7. The van der Waals surface area contributed by atoms with E-state index in [1.54, 1.807) is 11.3 Å². The Labute approximate surface area is 137 Å². The van der Waals surface area contributed by atoms with Crippen LogP contribution < -0.4 is 0 Å². The molecule has 1 aliphatic heterocycles. The highest BCUT2D eigenvalue weighted by Gasteiger charge is 2.33. The third kappa shape index (κ3) is 3.69. The largest absolute Gasteiger partial charge is 0.336 e. The van der Waals surface area contributed by atoms with Gasteiger partial charge in [0.2, 0.25) is 0 Å². The van der Waals surface area contributed by atoms with Crippen LogP contribution in [0, 0.1) is 18.8 Å². The molecule has 2 fully saturated rings. The molecule has 1 aliphatic carbocycles. The Kier molecular flexibility index (Phi) is 4.83. The van der Waals surface area contributed by atoms with E-state index >= 15 is 0 Å². The molecule has 1 atom stereocenters. The summed E-state index contributed by atoms with van der Waals surface area (Å²) in [5, 5.41) is 2.86. The number of rotatable bonds is 4. The van der Waals surface area contributed by atoms with Gasteiger partial charge in [0.25, 0.3) is 5.91 Å². The van der Waals surface area contributed by atoms with Crippen molar-refractivity contribution < 1.29 is 4.79 Å². The molecule has 5 heteroatoms. The van der Waals surface area contributed by atoms with E-state index in [1.165, 1.54) is 19.4 Å². The fourth-order valence-corrected chi connectivity index (χ4v) is 3.95. The van der Waals surface area contributed by atoms with Crippen LogP contribution in [0.4, 0.5) is 0 Å². The Morgan fingerprint density at radius 3 is 2.77 bits per heavy atom. The van der Waals surface area contributed by atoms with Gasteiger partial charge in [0, 0.05) is 37.6 Å². The van der Waals surface area contributed by atoms with Gasteiger partial charge in [0.05, 0.1) is 5.01 Å². The summed E-state index contributed by atoms with van der Waals surface area (Å²) in [5.74, 6) is 1.59. The first kappa shape index (κ1) is 15.9. The van der Waals surface area contributed by atoms with Crippen molar-refractivity contribution in [2.24, 2.45) is 11.8 Å². The van der Waals surface area contributed by atoms with Gasteiger partial charge in [-0.25, -0.2) is 4.98 Å². The van der Waals surface area contributed by atoms with Crippen LogP contribution in [0.3, 0.4) is 0 Å². The van der Waals surface area contributed by atoms with Crippen LogP contribution >= 0.6 is 11.3 Å². The highest BCUT2D eigenvalue weighted by molar-refractivity contribution is 7.09. The van der Waals surface area contributed by atoms with Crippen LogP contribution in [0.15, 0.2) is 5.38 Å². The zero-order valence-corrected chi connectivity index (χ0v) is 14.7. The van der Waals surface area contributed by atoms with Gasteiger partial charge in [-0.15, -0.1) is 11.3 Å². The Bertz CT molecular complexity index is 524. The molecule has 4 nitrogen and oxygen atoms in total. The van der Waals surface area contributed by atoms with E-state index in [-0.39, 0.29) is 5.91 Å². The van der Waals surface area contributed by atoms with Crippen molar-refractivity contribution in [2.75, 3.05) is 26.2 Å². The lowest BCUT2D eigenvalue weighted by Crippen LogP contribution is -2.46. The molecule has 122 valence electrons. The number of hydrogen-bond acceptors (Lipinski definition) is 4. The van der Waals surface area contributed by atoms with Crippen molar-refractivity contribution in [2.45, 2.75) is 46.1 Å². The van der Waals surface area contributed by atoms with E-state index in [0.29, 0.717) is 17.7 Å². The number of nitrogens with zero attached hydrogens (tertiary/aromatic N) is 3. The van der Waals surface area contributed by atoms with Crippen LogP contribution in [0.5, 0.6) is 0 Å². The molecule has 22 heavy (non-hydrogen) atoms. The third-order valence-electron chi connectivity index (χ3n) is 4.83. The molecule has 1 aromatic heterocycles. The first-order valence-electron chi connectivity index (χ1n) is 8.50. The smallest absolute Gasteiger partial charge is 0.273 e. The molecule has 0 bridgehead atoms. The standard InChI is InChI=1S/C17H27N3OS/c1-12(2)16-10-20(17(21)15-11-22-13(3)18-15)8-4-7-19(16)9-14-5-6-14/h11-12,14,16H,4-10H2,1-3H3/t16-/m1/s1. The predicted octanol–water partition coefficient (Wildman–Crippen LogP) is 3.03. The zero-order chi connectivity index (χ0) is 15.7. The third-order valence-corrected chi connectivity index (χ3v) is 5.61. The molecule has 0 aromatic carbocycles. The summed E-state index contributed by atoms with van der Waals surface area (Å²) in [6, 6.07) is 0.479. The molecule has 1 aromatic rings. The maximum Gasteiger partial charge on any atom is 0.273 e. The number of aryl methyl sites for hydroxylation is 1. The molecular formula is C17H27N3OS. The van der Waals surface area contributed by atoms with Crippen molar-refractivity contribution >= 4 is 17.2 Å². The topological polar surface area (TPSA) is 36.4 Å². The lowest BCUT2D eigenvalue weighted by atomic mass is 10.0. The average molecular weight is 321 g/mol. The quantitative estimate of drug-likeness (QED) is 0.855. The summed E-state index contributed by atoms with van der Waals surface area (Å²) in [4.78, 5) is 21.8. The van der Waals surface area contributed by atoms with E-state index < -0.39 is 0 Å². The van der Waals surface area contributed by atoms with E-state index in [0.717, 1.165) is 37.0 Å². The molecule has 2 aliphatic rings. The average Bonchev–Trinajstić information content (AvgIpc) is 3.23.